The number of aliphatic hydroxyl groups excluding tert-OH is 2. The van der Waals surface area contributed by atoms with Crippen molar-refractivity contribution in [2.75, 3.05) is 6.61 Å². The summed E-state index contributed by atoms with van der Waals surface area (Å²) in [6.07, 6.45) is 91.8. The van der Waals surface area contributed by atoms with Crippen molar-refractivity contribution in [3.05, 3.63) is 134 Å². The van der Waals surface area contributed by atoms with Crippen LogP contribution in [-0.2, 0) is 4.79 Å². The first kappa shape index (κ1) is 65.5. The van der Waals surface area contributed by atoms with Gasteiger partial charge >= 0.3 is 0 Å². The second-order valence-corrected chi connectivity index (χ2v) is 19.0. The first-order chi connectivity index (χ1) is 34.2. The van der Waals surface area contributed by atoms with Gasteiger partial charge in [0, 0.05) is 6.42 Å². The molecule has 0 saturated carbocycles. The largest absolute Gasteiger partial charge is 0.394 e. The molecule has 0 spiro atoms. The summed E-state index contributed by atoms with van der Waals surface area (Å²) in [6.45, 7) is 4.18. The lowest BCUT2D eigenvalue weighted by molar-refractivity contribution is -0.123. The first-order valence-electron chi connectivity index (χ1n) is 28.9. The van der Waals surface area contributed by atoms with Gasteiger partial charge in [-0.05, 0) is 103 Å². The minimum Gasteiger partial charge on any atom is -0.394 e. The Morgan fingerprint density at radius 1 is 0.362 bits per heavy atom. The maximum atomic E-state index is 12.5. The van der Waals surface area contributed by atoms with Crippen LogP contribution in [0.2, 0.25) is 0 Å². The summed E-state index contributed by atoms with van der Waals surface area (Å²) in [5, 5.41) is 23.1. The minimum atomic E-state index is -0.870. The smallest absolute Gasteiger partial charge is 0.220 e. The lowest BCUT2D eigenvalue weighted by atomic mass is 10.0. The maximum absolute atomic E-state index is 12.5. The van der Waals surface area contributed by atoms with Crippen LogP contribution in [-0.4, -0.2) is 34.9 Å². The van der Waals surface area contributed by atoms with Gasteiger partial charge in [-0.25, -0.2) is 0 Å². The molecule has 2 unspecified atom stereocenters. The molecule has 4 heteroatoms. The molecule has 2 atom stereocenters. The predicted octanol–water partition coefficient (Wildman–Crippen LogP) is 19.4. The summed E-state index contributed by atoms with van der Waals surface area (Å²) in [4.78, 5) is 12.5. The number of carbonyl (C=O) groups excluding carboxylic acids is 1. The van der Waals surface area contributed by atoms with Gasteiger partial charge in [0.05, 0.1) is 18.8 Å². The van der Waals surface area contributed by atoms with Gasteiger partial charge < -0.3 is 15.5 Å². The van der Waals surface area contributed by atoms with Crippen molar-refractivity contribution < 1.29 is 15.0 Å². The van der Waals surface area contributed by atoms with Crippen molar-refractivity contribution in [2.45, 2.75) is 264 Å². The van der Waals surface area contributed by atoms with Crippen LogP contribution in [0.3, 0.4) is 0 Å². The minimum absolute atomic E-state index is 0.0796. The molecule has 0 aliphatic rings. The second kappa shape index (κ2) is 58.8. The number of allylic oxidation sites excluding steroid dienone is 21. The van der Waals surface area contributed by atoms with E-state index in [1.54, 1.807) is 6.08 Å². The summed E-state index contributed by atoms with van der Waals surface area (Å²) in [5.74, 6) is -0.0796. The summed E-state index contributed by atoms with van der Waals surface area (Å²) < 4.78 is 0. The molecule has 0 radical (unpaired) electrons. The van der Waals surface area contributed by atoms with Gasteiger partial charge in [0.15, 0.2) is 0 Å². The first-order valence-corrected chi connectivity index (χ1v) is 28.9. The monoisotopic (exact) mass is 952 g/mol. The molecule has 0 saturated heterocycles. The highest BCUT2D eigenvalue weighted by Crippen LogP contribution is 2.15. The van der Waals surface area contributed by atoms with Crippen molar-refractivity contribution in [3.8, 4) is 0 Å². The van der Waals surface area contributed by atoms with Crippen LogP contribution in [0, 0.1) is 0 Å². The second-order valence-electron chi connectivity index (χ2n) is 19.0. The third kappa shape index (κ3) is 55.3. The average molecular weight is 953 g/mol. The van der Waals surface area contributed by atoms with E-state index < -0.39 is 12.1 Å². The highest BCUT2D eigenvalue weighted by molar-refractivity contribution is 5.76. The highest BCUT2D eigenvalue weighted by Gasteiger charge is 2.17. The molecule has 69 heavy (non-hydrogen) atoms. The average Bonchev–Trinajstić information content (AvgIpc) is 3.35. The quantitative estimate of drug-likeness (QED) is 0.0420. The lowest BCUT2D eigenvalue weighted by Crippen LogP contribution is -2.45. The van der Waals surface area contributed by atoms with E-state index in [9.17, 15) is 15.0 Å². The van der Waals surface area contributed by atoms with E-state index in [0.29, 0.717) is 6.42 Å². The van der Waals surface area contributed by atoms with Crippen LogP contribution >= 0.6 is 0 Å². The van der Waals surface area contributed by atoms with Gasteiger partial charge in [0.1, 0.15) is 0 Å². The number of carbonyl (C=O) groups is 1. The standard InChI is InChI=1S/C65H109NO3/c1-3-5-7-9-11-13-15-17-19-21-22-23-24-25-26-27-28-29-30-31-32-33-34-35-36-37-38-39-40-41-42-43-44-45-47-49-51-53-55-57-59-61-65(69)66-63(62-67)64(68)60-58-56-54-52-50-48-46-20-18-16-14-12-10-8-6-4-2/h5,7,11,13,17,19,22-23,25-26,28-29,31-32,34-35,37-38,50,52,58,60,63-64,67-68H,3-4,6,8-10,12,14-16,18,20-21,24,27,30,33,36,39-49,51,53-57,59,61-62H2,1-2H3,(H,66,69)/b7-5-,13-11-,19-17-,23-22-,26-25-,29-28-,32-31-,35-34-,38-37-,52-50+,60-58+. The third-order valence-corrected chi connectivity index (χ3v) is 12.4. The Bertz CT molecular complexity index is 1400. The van der Waals surface area contributed by atoms with Crippen molar-refractivity contribution >= 4 is 5.91 Å². The van der Waals surface area contributed by atoms with E-state index >= 15 is 0 Å². The summed E-state index contributed by atoms with van der Waals surface area (Å²) >= 11 is 0. The van der Waals surface area contributed by atoms with E-state index in [1.165, 1.54) is 141 Å². The van der Waals surface area contributed by atoms with Crippen LogP contribution in [0.4, 0.5) is 0 Å². The maximum Gasteiger partial charge on any atom is 0.220 e. The van der Waals surface area contributed by atoms with Crippen LogP contribution in [0.25, 0.3) is 0 Å². The fourth-order valence-electron chi connectivity index (χ4n) is 8.01. The topological polar surface area (TPSA) is 69.6 Å². The molecule has 0 aromatic rings. The van der Waals surface area contributed by atoms with E-state index in [-0.39, 0.29) is 12.5 Å². The van der Waals surface area contributed by atoms with E-state index in [4.69, 9.17) is 0 Å². The van der Waals surface area contributed by atoms with Crippen molar-refractivity contribution in [3.63, 3.8) is 0 Å². The number of hydrogen-bond donors (Lipinski definition) is 3. The van der Waals surface area contributed by atoms with Crippen LogP contribution in [0.1, 0.15) is 251 Å². The molecule has 0 aliphatic heterocycles. The van der Waals surface area contributed by atoms with Gasteiger partial charge in [-0.3, -0.25) is 4.79 Å². The summed E-state index contributed by atoms with van der Waals surface area (Å²) in [6, 6.07) is -0.647. The Kier molecular flexibility index (Phi) is 55.9. The Hall–Kier alpha value is -3.47. The Morgan fingerprint density at radius 2 is 0.652 bits per heavy atom. The number of nitrogens with one attached hydrogen (secondary N) is 1. The van der Waals surface area contributed by atoms with Crippen LogP contribution in [0.5, 0.6) is 0 Å². The van der Waals surface area contributed by atoms with Gasteiger partial charge in [0.2, 0.25) is 5.91 Å². The molecule has 1 amide bonds. The molecule has 3 N–H and O–H groups in total. The molecule has 0 rings (SSSR count). The zero-order chi connectivity index (χ0) is 49.9. The summed E-state index contributed by atoms with van der Waals surface area (Å²) in [5.41, 5.74) is 0. The molecule has 392 valence electrons. The molecular weight excluding hydrogens is 843 g/mol. The zero-order valence-electron chi connectivity index (χ0n) is 45.0. The van der Waals surface area contributed by atoms with Gasteiger partial charge in [-0.2, -0.15) is 0 Å². The molecule has 0 aromatic heterocycles. The van der Waals surface area contributed by atoms with Crippen LogP contribution in [0.15, 0.2) is 134 Å². The zero-order valence-corrected chi connectivity index (χ0v) is 45.0. The molecular formula is C65H109NO3. The summed E-state index contributed by atoms with van der Waals surface area (Å²) in [7, 11) is 0. The Labute approximate surface area is 428 Å². The SMILES string of the molecule is CC/C=C\C/C=C\C/C=C\C/C=C\C/C=C\C/C=C\C/C=C\C/C=C\C/C=C\CCCCCCCCCCCCCCCC(=O)NC(CO)C(O)/C=C/CC/C=C/CCCCCCCCCCCC. The Balaban J connectivity index is 3.59. The Morgan fingerprint density at radius 3 is 1.01 bits per heavy atom. The number of hydrogen-bond acceptors (Lipinski definition) is 3. The fraction of sp³-hybridized carbons (Fsp3) is 0.646. The van der Waals surface area contributed by atoms with Gasteiger partial charge in [-0.15, -0.1) is 0 Å². The van der Waals surface area contributed by atoms with Crippen molar-refractivity contribution in [1.29, 1.82) is 0 Å². The van der Waals surface area contributed by atoms with E-state index in [2.05, 4.69) is 141 Å². The number of unbranched alkanes of at least 4 members (excludes halogenated alkanes) is 24. The van der Waals surface area contributed by atoms with Gasteiger partial charge in [0.25, 0.3) is 0 Å². The van der Waals surface area contributed by atoms with E-state index in [0.717, 1.165) is 89.9 Å². The van der Waals surface area contributed by atoms with Gasteiger partial charge in [-0.1, -0.05) is 276 Å². The third-order valence-electron chi connectivity index (χ3n) is 12.4. The normalized spacial score (nSPS) is 13.9. The predicted molar refractivity (Wildman–Crippen MR) is 308 cm³/mol. The van der Waals surface area contributed by atoms with E-state index in [1.807, 2.05) is 6.08 Å². The lowest BCUT2D eigenvalue weighted by Gasteiger charge is -2.19. The molecule has 0 fully saturated rings. The fourth-order valence-corrected chi connectivity index (χ4v) is 8.01. The molecule has 0 heterocycles. The molecule has 4 nitrogen and oxygen atoms in total. The van der Waals surface area contributed by atoms with Crippen molar-refractivity contribution in [1.82, 2.24) is 5.32 Å². The molecule has 0 aliphatic carbocycles. The number of amides is 1. The molecule has 0 aromatic carbocycles. The highest BCUT2D eigenvalue weighted by atomic mass is 16.3. The van der Waals surface area contributed by atoms with Crippen molar-refractivity contribution in [2.24, 2.45) is 0 Å². The van der Waals surface area contributed by atoms with Crippen LogP contribution < -0.4 is 5.32 Å². The number of rotatable bonds is 51. The number of aliphatic hydroxyl groups is 2. The molecule has 0 bridgehead atoms.